The number of esters is 1. The Bertz CT molecular complexity index is 383. The topological polar surface area (TPSA) is 46.5 Å². The molecule has 2 rings (SSSR count). The average molecular weight is 204 g/mol. The summed E-state index contributed by atoms with van der Waals surface area (Å²) in [6, 6.07) is 9.21. The van der Waals surface area contributed by atoms with E-state index in [-0.39, 0.29) is 12.5 Å². The molecule has 15 heavy (non-hydrogen) atoms. The highest BCUT2D eigenvalue weighted by molar-refractivity contribution is 5.90. The van der Waals surface area contributed by atoms with Gasteiger partial charge in [0.15, 0.2) is 0 Å². The molecule has 1 N–H and O–H groups in total. The normalized spacial score (nSPS) is 22.6. The van der Waals surface area contributed by atoms with Gasteiger partial charge in [-0.25, -0.2) is 4.79 Å². The highest BCUT2D eigenvalue weighted by Crippen LogP contribution is 2.31. The molecule has 0 aliphatic carbocycles. The summed E-state index contributed by atoms with van der Waals surface area (Å²) in [5, 5.41) is 10.0. The summed E-state index contributed by atoms with van der Waals surface area (Å²) < 4.78 is 4.82. The van der Waals surface area contributed by atoms with E-state index in [0.29, 0.717) is 5.57 Å². The Hall–Kier alpha value is -1.61. The number of carbonyl (C=O) groups is 1. The van der Waals surface area contributed by atoms with Gasteiger partial charge in [0.2, 0.25) is 0 Å². The molecule has 1 aliphatic heterocycles. The van der Waals surface area contributed by atoms with Crippen LogP contribution in [0.1, 0.15) is 11.7 Å². The van der Waals surface area contributed by atoms with E-state index in [0.717, 1.165) is 5.56 Å². The number of hydrogen-bond donors (Lipinski definition) is 1. The van der Waals surface area contributed by atoms with Crippen LogP contribution in [-0.4, -0.2) is 17.7 Å². The van der Waals surface area contributed by atoms with Crippen molar-refractivity contribution < 1.29 is 14.6 Å². The molecule has 0 bridgehead atoms. The van der Waals surface area contributed by atoms with Crippen molar-refractivity contribution in [1.82, 2.24) is 0 Å². The number of hydrogen-bond acceptors (Lipinski definition) is 3. The first-order valence-electron chi connectivity index (χ1n) is 4.79. The van der Waals surface area contributed by atoms with Gasteiger partial charge in [-0.3, -0.25) is 0 Å². The van der Waals surface area contributed by atoms with Crippen LogP contribution in [0, 0.1) is 5.92 Å². The standard InChI is InChI=1S/C12H12O3/c1-8-10(7-15-12(8)14)11(13)9-5-3-2-4-6-9/h2-6,10-11,13H,1,7H2/t10-,11-/m1/s1. The van der Waals surface area contributed by atoms with E-state index in [1.807, 2.05) is 30.3 Å². The van der Waals surface area contributed by atoms with E-state index in [4.69, 9.17) is 4.74 Å². The predicted octanol–water partition coefficient (Wildman–Crippen LogP) is 1.45. The van der Waals surface area contributed by atoms with Crippen molar-refractivity contribution in [3.05, 3.63) is 48.0 Å². The maximum atomic E-state index is 11.1. The van der Waals surface area contributed by atoms with E-state index in [2.05, 4.69) is 6.58 Å². The molecule has 1 aliphatic rings. The number of rotatable bonds is 2. The molecule has 0 unspecified atom stereocenters. The molecule has 1 heterocycles. The smallest absolute Gasteiger partial charge is 0.333 e. The molecule has 2 atom stereocenters. The fourth-order valence-electron chi connectivity index (χ4n) is 1.67. The molecule has 3 nitrogen and oxygen atoms in total. The van der Waals surface area contributed by atoms with E-state index >= 15 is 0 Å². The third kappa shape index (κ3) is 1.78. The first-order valence-corrected chi connectivity index (χ1v) is 4.79. The third-order valence-corrected chi connectivity index (χ3v) is 2.63. The van der Waals surface area contributed by atoms with E-state index in [1.54, 1.807) is 0 Å². The lowest BCUT2D eigenvalue weighted by Crippen LogP contribution is -2.14. The second-order valence-electron chi connectivity index (χ2n) is 3.59. The molecule has 0 aromatic heterocycles. The zero-order chi connectivity index (χ0) is 10.8. The van der Waals surface area contributed by atoms with Crippen molar-refractivity contribution in [2.45, 2.75) is 6.10 Å². The average Bonchev–Trinajstić information content (AvgIpc) is 2.60. The summed E-state index contributed by atoms with van der Waals surface area (Å²) >= 11 is 0. The number of ether oxygens (including phenoxy) is 1. The molecule has 0 spiro atoms. The van der Waals surface area contributed by atoms with Crippen molar-refractivity contribution in [2.75, 3.05) is 6.61 Å². The molecular formula is C12H12O3. The number of aliphatic hydroxyl groups is 1. The van der Waals surface area contributed by atoms with Crippen molar-refractivity contribution >= 4 is 5.97 Å². The maximum Gasteiger partial charge on any atom is 0.333 e. The second kappa shape index (κ2) is 3.87. The Morgan fingerprint density at radius 3 is 2.60 bits per heavy atom. The van der Waals surface area contributed by atoms with Gasteiger partial charge in [-0.2, -0.15) is 0 Å². The van der Waals surface area contributed by atoms with Gasteiger partial charge in [0.05, 0.1) is 12.0 Å². The molecule has 0 amide bonds. The first kappa shape index (κ1) is 9.93. The SMILES string of the molecule is C=C1C(=O)OC[C@H]1[C@H](O)c1ccccc1. The summed E-state index contributed by atoms with van der Waals surface area (Å²) in [7, 11) is 0. The summed E-state index contributed by atoms with van der Waals surface area (Å²) in [4.78, 5) is 11.1. The van der Waals surface area contributed by atoms with Gasteiger partial charge < -0.3 is 9.84 Å². The fourth-order valence-corrected chi connectivity index (χ4v) is 1.67. The van der Waals surface area contributed by atoms with E-state index in [1.165, 1.54) is 0 Å². The molecule has 3 heteroatoms. The van der Waals surface area contributed by atoms with Crippen molar-refractivity contribution in [1.29, 1.82) is 0 Å². The largest absolute Gasteiger partial charge is 0.462 e. The zero-order valence-corrected chi connectivity index (χ0v) is 8.22. The summed E-state index contributed by atoms with van der Waals surface area (Å²) in [6.07, 6.45) is -0.717. The molecule has 0 radical (unpaired) electrons. The molecule has 1 aromatic carbocycles. The van der Waals surface area contributed by atoms with Crippen LogP contribution in [0.5, 0.6) is 0 Å². The monoisotopic (exact) mass is 204 g/mol. The van der Waals surface area contributed by atoms with Gasteiger partial charge in [-0.15, -0.1) is 0 Å². The molecule has 0 saturated carbocycles. The Morgan fingerprint density at radius 2 is 2.07 bits per heavy atom. The minimum atomic E-state index is -0.717. The van der Waals surface area contributed by atoms with Crippen LogP contribution >= 0.6 is 0 Å². The minimum Gasteiger partial charge on any atom is -0.462 e. The third-order valence-electron chi connectivity index (χ3n) is 2.63. The first-order chi connectivity index (χ1) is 7.20. The van der Waals surface area contributed by atoms with E-state index in [9.17, 15) is 9.90 Å². The van der Waals surface area contributed by atoms with Crippen LogP contribution < -0.4 is 0 Å². The summed E-state index contributed by atoms with van der Waals surface area (Å²) in [5.74, 6) is -0.727. The highest BCUT2D eigenvalue weighted by atomic mass is 16.5. The molecular weight excluding hydrogens is 192 g/mol. The number of carbonyl (C=O) groups excluding carboxylic acids is 1. The molecule has 1 aromatic rings. The Kier molecular flexibility index (Phi) is 2.56. The van der Waals surface area contributed by atoms with Crippen molar-refractivity contribution in [3.63, 3.8) is 0 Å². The van der Waals surface area contributed by atoms with Gasteiger partial charge in [-0.05, 0) is 5.56 Å². The van der Waals surface area contributed by atoms with Gasteiger partial charge in [0.1, 0.15) is 6.61 Å². The summed E-state index contributed by atoms with van der Waals surface area (Å²) in [6.45, 7) is 3.84. The lowest BCUT2D eigenvalue weighted by atomic mass is 9.92. The van der Waals surface area contributed by atoms with Crippen LogP contribution in [0.25, 0.3) is 0 Å². The van der Waals surface area contributed by atoms with Crippen LogP contribution in [0.4, 0.5) is 0 Å². The second-order valence-corrected chi connectivity index (χ2v) is 3.59. The van der Waals surface area contributed by atoms with Crippen molar-refractivity contribution in [3.8, 4) is 0 Å². The van der Waals surface area contributed by atoms with Crippen LogP contribution in [-0.2, 0) is 9.53 Å². The van der Waals surface area contributed by atoms with Gasteiger partial charge in [0.25, 0.3) is 0 Å². The quantitative estimate of drug-likeness (QED) is 0.586. The number of benzene rings is 1. The highest BCUT2D eigenvalue weighted by Gasteiger charge is 2.34. The lowest BCUT2D eigenvalue weighted by molar-refractivity contribution is -0.135. The Labute approximate surface area is 88.0 Å². The van der Waals surface area contributed by atoms with Crippen LogP contribution in [0.2, 0.25) is 0 Å². The van der Waals surface area contributed by atoms with Crippen molar-refractivity contribution in [2.24, 2.45) is 5.92 Å². The number of aliphatic hydroxyl groups excluding tert-OH is 1. The maximum absolute atomic E-state index is 11.1. The van der Waals surface area contributed by atoms with E-state index < -0.39 is 12.1 Å². The van der Waals surface area contributed by atoms with Gasteiger partial charge in [0, 0.05) is 5.57 Å². The summed E-state index contributed by atoms with van der Waals surface area (Å²) in [5.41, 5.74) is 1.13. The fraction of sp³-hybridized carbons (Fsp3) is 0.250. The van der Waals surface area contributed by atoms with Gasteiger partial charge >= 0.3 is 5.97 Å². The lowest BCUT2D eigenvalue weighted by Gasteiger charge is -2.16. The zero-order valence-electron chi connectivity index (χ0n) is 8.22. The molecule has 1 fully saturated rings. The molecule has 1 saturated heterocycles. The van der Waals surface area contributed by atoms with Gasteiger partial charge in [-0.1, -0.05) is 36.9 Å². The van der Waals surface area contributed by atoms with Crippen LogP contribution in [0.15, 0.2) is 42.5 Å². The molecule has 78 valence electrons. The Morgan fingerprint density at radius 1 is 1.40 bits per heavy atom. The number of cyclic esters (lactones) is 1. The minimum absolute atomic E-state index is 0.216. The predicted molar refractivity (Wildman–Crippen MR) is 55.0 cm³/mol. The van der Waals surface area contributed by atoms with Crippen LogP contribution in [0.3, 0.4) is 0 Å². The Balaban J connectivity index is 2.19.